The van der Waals surface area contributed by atoms with Gasteiger partial charge in [0.25, 0.3) is 0 Å². The number of hydrogen-bond donors (Lipinski definition) is 1. The first-order chi connectivity index (χ1) is 7.13. The second kappa shape index (κ2) is 3.38. The van der Waals surface area contributed by atoms with E-state index < -0.39 is 0 Å². The summed E-state index contributed by atoms with van der Waals surface area (Å²) in [6.07, 6.45) is 1.65. The van der Waals surface area contributed by atoms with E-state index in [1.54, 1.807) is 12.3 Å². The summed E-state index contributed by atoms with van der Waals surface area (Å²) in [7, 11) is 0. The van der Waals surface area contributed by atoms with E-state index in [4.69, 9.17) is 5.73 Å². The third-order valence-electron chi connectivity index (χ3n) is 2.43. The summed E-state index contributed by atoms with van der Waals surface area (Å²) in [6, 6.07) is 3.60. The van der Waals surface area contributed by atoms with E-state index in [0.717, 1.165) is 12.2 Å². The third-order valence-corrected chi connectivity index (χ3v) is 2.43. The molecule has 2 rings (SSSR count). The number of nitrogens with two attached hydrogens (primary N) is 1. The van der Waals surface area contributed by atoms with Crippen molar-refractivity contribution in [3.63, 3.8) is 0 Å². The van der Waals surface area contributed by atoms with Gasteiger partial charge in [-0.1, -0.05) is 0 Å². The minimum Gasteiger partial charge on any atom is -0.394 e. The zero-order valence-electron chi connectivity index (χ0n) is 8.82. The predicted molar refractivity (Wildman–Crippen MR) is 60.8 cm³/mol. The maximum absolute atomic E-state index is 11.7. The average molecular weight is 203 g/mol. The second-order valence-electron chi connectivity index (χ2n) is 3.52. The molecule has 0 aliphatic rings. The summed E-state index contributed by atoms with van der Waals surface area (Å²) in [6.45, 7) is 4.64. The Morgan fingerprint density at radius 2 is 2.20 bits per heavy atom. The topological polar surface area (TPSA) is 60.9 Å². The smallest absolute Gasteiger partial charge is 0.213 e. The van der Waals surface area contributed by atoms with Crippen molar-refractivity contribution in [2.24, 2.45) is 0 Å². The molecule has 2 heterocycles. The number of pyridine rings is 2. The Morgan fingerprint density at radius 1 is 1.47 bits per heavy atom. The number of anilines is 1. The molecule has 0 aliphatic carbocycles. The predicted octanol–water partition coefficient (Wildman–Crippen LogP) is 1.31. The lowest BCUT2D eigenvalue weighted by atomic mass is 10.2. The van der Waals surface area contributed by atoms with Crippen LogP contribution in [0.1, 0.15) is 12.6 Å². The molecule has 78 valence electrons. The van der Waals surface area contributed by atoms with E-state index >= 15 is 0 Å². The molecule has 15 heavy (non-hydrogen) atoms. The Kier molecular flexibility index (Phi) is 2.19. The summed E-state index contributed by atoms with van der Waals surface area (Å²) in [5, 5.41) is 0.586. The van der Waals surface area contributed by atoms with Crippen molar-refractivity contribution in [1.29, 1.82) is 0 Å². The van der Waals surface area contributed by atoms with Crippen molar-refractivity contribution in [2.75, 3.05) is 5.73 Å². The average Bonchev–Trinajstić information content (AvgIpc) is 2.23. The highest BCUT2D eigenvalue weighted by atomic mass is 16.1. The van der Waals surface area contributed by atoms with Gasteiger partial charge in [0.2, 0.25) is 5.43 Å². The largest absolute Gasteiger partial charge is 0.394 e. The number of nitrogens with zero attached hydrogens (tertiary/aromatic N) is 2. The fourth-order valence-corrected chi connectivity index (χ4v) is 1.62. The molecule has 0 aliphatic heterocycles. The highest BCUT2D eigenvalue weighted by molar-refractivity contribution is 5.78. The maximum atomic E-state index is 11.7. The summed E-state index contributed by atoms with van der Waals surface area (Å²) in [5.41, 5.74) is 7.38. The summed E-state index contributed by atoms with van der Waals surface area (Å²) in [4.78, 5) is 16.1. The minimum absolute atomic E-state index is 0.137. The van der Waals surface area contributed by atoms with Gasteiger partial charge in [-0.3, -0.25) is 4.79 Å². The number of nitrogen functional groups attached to an aromatic ring is 1. The molecule has 0 radical (unpaired) electrons. The Balaban J connectivity index is 2.96. The first-order valence-corrected chi connectivity index (χ1v) is 4.89. The Hall–Kier alpha value is -1.84. The summed E-state index contributed by atoms with van der Waals surface area (Å²) in [5.74, 6) is 0. The first kappa shape index (κ1) is 9.71. The van der Waals surface area contributed by atoms with Crippen LogP contribution >= 0.6 is 0 Å². The van der Waals surface area contributed by atoms with Crippen LogP contribution in [0.2, 0.25) is 0 Å². The zero-order chi connectivity index (χ0) is 11.0. The third kappa shape index (κ3) is 1.48. The standard InChI is InChI=1S/C11H13N3O/c1-3-14-6-9(12)10(15)8-5-4-7(2)13-11(8)14/h4-6H,3,12H2,1-2H3. The van der Waals surface area contributed by atoms with Crippen LogP contribution in [0.25, 0.3) is 11.0 Å². The molecule has 2 aromatic heterocycles. The summed E-state index contributed by atoms with van der Waals surface area (Å²) < 4.78 is 1.89. The van der Waals surface area contributed by atoms with Crippen LogP contribution in [0.3, 0.4) is 0 Å². The van der Waals surface area contributed by atoms with Crippen molar-refractivity contribution in [2.45, 2.75) is 20.4 Å². The van der Waals surface area contributed by atoms with Crippen molar-refractivity contribution >= 4 is 16.7 Å². The van der Waals surface area contributed by atoms with E-state index in [1.165, 1.54) is 0 Å². The van der Waals surface area contributed by atoms with Crippen LogP contribution in [0.15, 0.2) is 23.1 Å². The highest BCUT2D eigenvalue weighted by Crippen LogP contribution is 2.11. The van der Waals surface area contributed by atoms with Gasteiger partial charge in [0.1, 0.15) is 5.65 Å². The van der Waals surface area contributed by atoms with Crippen LogP contribution in [0.5, 0.6) is 0 Å². The highest BCUT2D eigenvalue weighted by Gasteiger charge is 2.06. The van der Waals surface area contributed by atoms with Crippen LogP contribution in [0.4, 0.5) is 5.69 Å². The van der Waals surface area contributed by atoms with Gasteiger partial charge in [0.15, 0.2) is 0 Å². The summed E-state index contributed by atoms with van der Waals surface area (Å²) >= 11 is 0. The van der Waals surface area contributed by atoms with Crippen molar-refractivity contribution in [1.82, 2.24) is 9.55 Å². The lowest BCUT2D eigenvalue weighted by Gasteiger charge is -2.08. The molecule has 4 heteroatoms. The normalized spacial score (nSPS) is 10.8. The van der Waals surface area contributed by atoms with E-state index in [2.05, 4.69) is 4.98 Å². The Labute approximate surface area is 87.4 Å². The fraction of sp³-hybridized carbons (Fsp3) is 0.273. The Bertz CT molecular complexity index is 572. The molecule has 0 unspecified atom stereocenters. The van der Waals surface area contributed by atoms with E-state index in [-0.39, 0.29) is 11.1 Å². The number of rotatable bonds is 1. The molecule has 0 spiro atoms. The molecule has 2 N–H and O–H groups in total. The van der Waals surface area contributed by atoms with Crippen LogP contribution in [-0.2, 0) is 6.54 Å². The SMILES string of the molecule is CCn1cc(N)c(=O)c2ccc(C)nc21. The van der Waals surface area contributed by atoms with E-state index in [1.807, 2.05) is 24.5 Å². The van der Waals surface area contributed by atoms with Gasteiger partial charge in [0, 0.05) is 18.4 Å². The minimum atomic E-state index is -0.137. The number of fused-ring (bicyclic) bond motifs is 1. The number of aromatic nitrogens is 2. The molecule has 0 bridgehead atoms. The monoisotopic (exact) mass is 203 g/mol. The zero-order valence-corrected chi connectivity index (χ0v) is 8.82. The van der Waals surface area contributed by atoms with Gasteiger partial charge < -0.3 is 10.3 Å². The fourth-order valence-electron chi connectivity index (χ4n) is 1.62. The molecule has 4 nitrogen and oxygen atoms in total. The van der Waals surface area contributed by atoms with Gasteiger partial charge in [-0.2, -0.15) is 0 Å². The quantitative estimate of drug-likeness (QED) is 0.760. The molecule has 0 saturated heterocycles. The van der Waals surface area contributed by atoms with Crippen LogP contribution in [-0.4, -0.2) is 9.55 Å². The van der Waals surface area contributed by atoms with Gasteiger partial charge >= 0.3 is 0 Å². The van der Waals surface area contributed by atoms with E-state index in [9.17, 15) is 4.79 Å². The molecule has 0 amide bonds. The van der Waals surface area contributed by atoms with Crippen LogP contribution < -0.4 is 11.2 Å². The van der Waals surface area contributed by atoms with Gasteiger partial charge in [-0.05, 0) is 26.0 Å². The first-order valence-electron chi connectivity index (χ1n) is 4.89. The van der Waals surface area contributed by atoms with Crippen LogP contribution in [0, 0.1) is 6.92 Å². The van der Waals surface area contributed by atoms with Gasteiger partial charge in [-0.15, -0.1) is 0 Å². The van der Waals surface area contributed by atoms with Crippen molar-refractivity contribution < 1.29 is 0 Å². The molecule has 0 fully saturated rings. The lowest BCUT2D eigenvalue weighted by molar-refractivity contribution is 0.777. The molecule has 2 aromatic rings. The van der Waals surface area contributed by atoms with Gasteiger partial charge in [0.05, 0.1) is 11.1 Å². The van der Waals surface area contributed by atoms with Crippen molar-refractivity contribution in [3.8, 4) is 0 Å². The van der Waals surface area contributed by atoms with Crippen molar-refractivity contribution in [3.05, 3.63) is 34.2 Å². The number of aryl methyl sites for hydroxylation is 2. The second-order valence-corrected chi connectivity index (χ2v) is 3.52. The van der Waals surface area contributed by atoms with E-state index in [0.29, 0.717) is 11.0 Å². The molecular weight excluding hydrogens is 190 g/mol. The van der Waals surface area contributed by atoms with Gasteiger partial charge in [-0.25, -0.2) is 4.98 Å². The molecule has 0 aromatic carbocycles. The molecule has 0 saturated carbocycles. The maximum Gasteiger partial charge on any atom is 0.213 e. The lowest BCUT2D eigenvalue weighted by Crippen LogP contribution is -2.14. The number of hydrogen-bond acceptors (Lipinski definition) is 3. The Morgan fingerprint density at radius 3 is 2.87 bits per heavy atom. The molecule has 0 atom stereocenters. The molecular formula is C11H13N3O.